The van der Waals surface area contributed by atoms with Crippen molar-refractivity contribution in [1.29, 1.82) is 0 Å². The largest absolute Gasteiger partial charge is 0.354 e. The lowest BCUT2D eigenvalue weighted by Gasteiger charge is -2.37. The molecule has 4 rings (SSSR count). The number of likely N-dealkylation sites (N-methyl/N-ethyl adjacent to an activating group) is 1. The molecule has 1 aromatic carbocycles. The number of nitrogens with zero attached hydrogens (tertiary/aromatic N) is 5. The number of urea groups is 1. The zero-order valence-corrected chi connectivity index (χ0v) is 18.3. The third kappa shape index (κ3) is 4.41. The maximum Gasteiger partial charge on any atom is 0.322 e. The lowest BCUT2D eigenvalue weighted by atomic mass is 10.1. The van der Waals surface area contributed by atoms with Crippen LogP contribution < -0.4 is 10.2 Å². The summed E-state index contributed by atoms with van der Waals surface area (Å²) in [5.41, 5.74) is 4.29. The van der Waals surface area contributed by atoms with Crippen molar-refractivity contribution in [3.8, 4) is 0 Å². The molecule has 0 bridgehead atoms. The van der Waals surface area contributed by atoms with Gasteiger partial charge in [-0.1, -0.05) is 26.0 Å². The van der Waals surface area contributed by atoms with Gasteiger partial charge in [-0.25, -0.2) is 14.8 Å². The molecule has 2 aromatic rings. The van der Waals surface area contributed by atoms with Crippen molar-refractivity contribution in [3.63, 3.8) is 0 Å². The molecule has 0 aliphatic carbocycles. The number of piperazine rings is 1. The quantitative estimate of drug-likeness (QED) is 0.842. The van der Waals surface area contributed by atoms with Crippen LogP contribution in [0.5, 0.6) is 0 Å². The molecular formula is C23H32N6O. The molecule has 0 unspecified atom stereocenters. The van der Waals surface area contributed by atoms with E-state index in [1.165, 1.54) is 5.56 Å². The standard InChI is InChI=1S/C23H32N6O/c1-4-18-6-8-19(9-7-18)26-23(30)29-11-10-21-20(16-29)22(25-17(3)24-21)28-14-12-27(5-2)13-15-28/h6-9H,4-5,10-16H2,1-3H3,(H,26,30). The fourth-order valence-electron chi connectivity index (χ4n) is 4.25. The number of fused-ring (bicyclic) bond motifs is 1. The lowest BCUT2D eigenvalue weighted by Crippen LogP contribution is -2.47. The number of hydrogen-bond donors (Lipinski definition) is 1. The van der Waals surface area contributed by atoms with Crippen LogP contribution in [0.4, 0.5) is 16.3 Å². The molecule has 1 N–H and O–H groups in total. The number of anilines is 2. The number of carbonyl (C=O) groups excluding carboxylic acids is 1. The predicted octanol–water partition coefficient (Wildman–Crippen LogP) is 3.08. The van der Waals surface area contributed by atoms with Gasteiger partial charge in [-0.2, -0.15) is 0 Å². The normalized spacial score (nSPS) is 17.0. The van der Waals surface area contributed by atoms with E-state index in [0.717, 1.165) is 74.2 Å². The Morgan fingerprint density at radius 2 is 1.77 bits per heavy atom. The smallest absolute Gasteiger partial charge is 0.322 e. The summed E-state index contributed by atoms with van der Waals surface area (Å²) < 4.78 is 0. The summed E-state index contributed by atoms with van der Waals surface area (Å²) in [7, 11) is 0. The molecule has 3 heterocycles. The monoisotopic (exact) mass is 408 g/mol. The molecule has 0 spiro atoms. The number of aromatic nitrogens is 2. The Hall–Kier alpha value is -2.67. The molecule has 2 aliphatic rings. The molecule has 7 heteroatoms. The fraction of sp³-hybridized carbons (Fsp3) is 0.522. The number of aryl methyl sites for hydroxylation is 2. The van der Waals surface area contributed by atoms with E-state index in [1.54, 1.807) is 0 Å². The second-order valence-corrected chi connectivity index (χ2v) is 8.09. The van der Waals surface area contributed by atoms with Crippen LogP contribution in [0.1, 0.15) is 36.5 Å². The number of hydrogen-bond acceptors (Lipinski definition) is 5. The maximum absolute atomic E-state index is 12.9. The molecular weight excluding hydrogens is 376 g/mol. The van der Waals surface area contributed by atoms with Gasteiger partial charge in [0, 0.05) is 50.4 Å². The highest BCUT2D eigenvalue weighted by atomic mass is 16.2. The second kappa shape index (κ2) is 9.00. The van der Waals surface area contributed by atoms with E-state index < -0.39 is 0 Å². The molecule has 0 atom stereocenters. The van der Waals surface area contributed by atoms with Gasteiger partial charge in [0.25, 0.3) is 0 Å². The number of carbonyl (C=O) groups is 1. The Kier molecular flexibility index (Phi) is 6.18. The highest BCUT2D eigenvalue weighted by Gasteiger charge is 2.28. The SMILES string of the molecule is CCc1ccc(NC(=O)N2CCc3nc(C)nc(N4CCN(CC)CC4)c3C2)cc1. The van der Waals surface area contributed by atoms with Crippen LogP contribution in [-0.4, -0.2) is 65.1 Å². The molecule has 2 amide bonds. The minimum atomic E-state index is -0.0628. The average molecular weight is 409 g/mol. The molecule has 30 heavy (non-hydrogen) atoms. The first-order valence-electron chi connectivity index (χ1n) is 11.1. The molecule has 0 radical (unpaired) electrons. The lowest BCUT2D eigenvalue weighted by molar-refractivity contribution is 0.205. The van der Waals surface area contributed by atoms with E-state index in [0.29, 0.717) is 13.1 Å². The minimum absolute atomic E-state index is 0.0628. The summed E-state index contributed by atoms with van der Waals surface area (Å²) in [5, 5.41) is 3.04. The summed E-state index contributed by atoms with van der Waals surface area (Å²) >= 11 is 0. The number of nitrogens with one attached hydrogen (secondary N) is 1. The van der Waals surface area contributed by atoms with E-state index in [2.05, 4.69) is 41.1 Å². The molecule has 160 valence electrons. The Balaban J connectivity index is 1.50. The van der Waals surface area contributed by atoms with E-state index in [4.69, 9.17) is 9.97 Å². The number of benzene rings is 1. The Morgan fingerprint density at radius 3 is 2.43 bits per heavy atom. The van der Waals surface area contributed by atoms with Gasteiger partial charge in [-0.05, 0) is 37.6 Å². The first-order valence-corrected chi connectivity index (χ1v) is 11.1. The third-order valence-corrected chi connectivity index (χ3v) is 6.17. The summed E-state index contributed by atoms with van der Waals surface area (Å²) in [4.78, 5) is 29.1. The van der Waals surface area contributed by atoms with Crippen LogP contribution in [0.15, 0.2) is 24.3 Å². The number of rotatable bonds is 4. The van der Waals surface area contributed by atoms with Gasteiger partial charge in [-0.15, -0.1) is 0 Å². The average Bonchev–Trinajstić information content (AvgIpc) is 2.78. The van der Waals surface area contributed by atoms with Crippen LogP contribution in [0.25, 0.3) is 0 Å². The molecule has 7 nitrogen and oxygen atoms in total. The molecule has 1 fully saturated rings. The minimum Gasteiger partial charge on any atom is -0.354 e. The van der Waals surface area contributed by atoms with Crippen LogP contribution >= 0.6 is 0 Å². The van der Waals surface area contributed by atoms with Gasteiger partial charge in [0.2, 0.25) is 0 Å². The highest BCUT2D eigenvalue weighted by molar-refractivity contribution is 5.89. The molecule has 1 aromatic heterocycles. The maximum atomic E-state index is 12.9. The summed E-state index contributed by atoms with van der Waals surface area (Å²) in [6.45, 7) is 12.6. The van der Waals surface area contributed by atoms with Crippen molar-refractivity contribution in [1.82, 2.24) is 19.8 Å². The van der Waals surface area contributed by atoms with E-state index in [9.17, 15) is 4.79 Å². The number of amides is 2. The van der Waals surface area contributed by atoms with Crippen LogP contribution in [0.3, 0.4) is 0 Å². The van der Waals surface area contributed by atoms with Crippen molar-refractivity contribution in [3.05, 3.63) is 46.9 Å². The van der Waals surface area contributed by atoms with Crippen LogP contribution in [-0.2, 0) is 19.4 Å². The first-order chi connectivity index (χ1) is 14.6. The molecule has 0 saturated carbocycles. The van der Waals surface area contributed by atoms with Crippen LogP contribution in [0.2, 0.25) is 0 Å². The van der Waals surface area contributed by atoms with Gasteiger partial charge in [0.1, 0.15) is 11.6 Å². The van der Waals surface area contributed by atoms with Crippen molar-refractivity contribution in [2.24, 2.45) is 0 Å². The van der Waals surface area contributed by atoms with Crippen molar-refractivity contribution in [2.75, 3.05) is 49.5 Å². The first kappa shape index (κ1) is 20.6. The third-order valence-electron chi connectivity index (χ3n) is 6.17. The van der Waals surface area contributed by atoms with Gasteiger partial charge in [0.15, 0.2) is 0 Å². The van der Waals surface area contributed by atoms with E-state index in [-0.39, 0.29) is 6.03 Å². The topological polar surface area (TPSA) is 64.6 Å². The summed E-state index contributed by atoms with van der Waals surface area (Å²) in [6.07, 6.45) is 1.76. The van der Waals surface area contributed by atoms with Gasteiger partial charge in [0.05, 0.1) is 12.2 Å². The van der Waals surface area contributed by atoms with Crippen molar-refractivity contribution < 1.29 is 4.79 Å². The Morgan fingerprint density at radius 1 is 1.03 bits per heavy atom. The second-order valence-electron chi connectivity index (χ2n) is 8.09. The van der Waals surface area contributed by atoms with Gasteiger partial charge in [-0.3, -0.25) is 0 Å². The summed E-state index contributed by atoms with van der Waals surface area (Å²) in [5.74, 6) is 1.83. The van der Waals surface area contributed by atoms with Crippen LogP contribution in [0, 0.1) is 6.92 Å². The van der Waals surface area contributed by atoms with E-state index in [1.807, 2.05) is 24.0 Å². The van der Waals surface area contributed by atoms with Crippen molar-refractivity contribution >= 4 is 17.5 Å². The zero-order chi connectivity index (χ0) is 21.1. The summed E-state index contributed by atoms with van der Waals surface area (Å²) in [6, 6.07) is 8.00. The fourth-order valence-corrected chi connectivity index (χ4v) is 4.25. The van der Waals surface area contributed by atoms with Gasteiger partial charge < -0.3 is 20.0 Å². The Bertz CT molecular complexity index is 889. The zero-order valence-electron chi connectivity index (χ0n) is 18.3. The molecule has 1 saturated heterocycles. The van der Waals surface area contributed by atoms with Gasteiger partial charge >= 0.3 is 6.03 Å². The molecule has 2 aliphatic heterocycles. The Labute approximate surface area is 179 Å². The van der Waals surface area contributed by atoms with Crippen molar-refractivity contribution in [2.45, 2.75) is 40.2 Å². The predicted molar refractivity (Wildman–Crippen MR) is 120 cm³/mol. The van der Waals surface area contributed by atoms with E-state index >= 15 is 0 Å². The highest BCUT2D eigenvalue weighted by Crippen LogP contribution is 2.28.